The third-order valence-corrected chi connectivity index (χ3v) is 3.83. The van der Waals surface area contributed by atoms with E-state index in [1.165, 1.54) is 0 Å². The van der Waals surface area contributed by atoms with Gasteiger partial charge in [0.05, 0.1) is 40.4 Å². The first kappa shape index (κ1) is 17.5. The molecule has 24 heavy (non-hydrogen) atoms. The fourth-order valence-corrected chi connectivity index (χ4v) is 2.67. The van der Waals surface area contributed by atoms with Crippen LogP contribution in [-0.2, 0) is 6.42 Å². The molecule has 0 radical (unpaired) electrons. The summed E-state index contributed by atoms with van der Waals surface area (Å²) in [4.78, 5) is 0. The highest BCUT2D eigenvalue weighted by molar-refractivity contribution is 5.54. The molecule has 0 aliphatic rings. The quantitative estimate of drug-likeness (QED) is 0.778. The zero-order chi connectivity index (χ0) is 17.5. The summed E-state index contributed by atoms with van der Waals surface area (Å²) in [6.07, 6.45) is 0.508. The summed E-state index contributed by atoms with van der Waals surface area (Å²) in [7, 11) is 6.31. The standard InChI is InChI=1S/C19H21NO4/c1-21-16-8-6-5-7-15(16)14(12-20)9-13-10-17(22-2)19(24-4)18(11-13)23-3/h5-8,10-11,14H,9H2,1-4H3. The van der Waals surface area contributed by atoms with Gasteiger partial charge >= 0.3 is 0 Å². The summed E-state index contributed by atoms with van der Waals surface area (Å²) in [5.41, 5.74) is 1.78. The highest BCUT2D eigenvalue weighted by Gasteiger charge is 2.19. The lowest BCUT2D eigenvalue weighted by Gasteiger charge is -2.17. The molecule has 1 unspecified atom stereocenters. The van der Waals surface area contributed by atoms with Crippen LogP contribution in [0.1, 0.15) is 17.0 Å². The van der Waals surface area contributed by atoms with Crippen molar-refractivity contribution in [2.75, 3.05) is 28.4 Å². The Morgan fingerprint density at radius 1 is 0.875 bits per heavy atom. The number of rotatable bonds is 7. The molecular weight excluding hydrogens is 306 g/mol. The second-order valence-electron chi connectivity index (χ2n) is 5.16. The molecule has 5 nitrogen and oxygen atoms in total. The van der Waals surface area contributed by atoms with Crippen molar-refractivity contribution in [1.29, 1.82) is 5.26 Å². The minimum atomic E-state index is -0.344. The molecule has 0 saturated carbocycles. The van der Waals surface area contributed by atoms with E-state index in [1.54, 1.807) is 28.4 Å². The van der Waals surface area contributed by atoms with Gasteiger partial charge in [-0.1, -0.05) is 18.2 Å². The molecule has 5 heteroatoms. The summed E-state index contributed by atoms with van der Waals surface area (Å²) in [5, 5.41) is 9.62. The van der Waals surface area contributed by atoms with Crippen molar-refractivity contribution in [2.24, 2.45) is 0 Å². The van der Waals surface area contributed by atoms with Gasteiger partial charge in [-0.25, -0.2) is 0 Å². The van der Waals surface area contributed by atoms with E-state index in [0.29, 0.717) is 29.4 Å². The molecule has 0 aliphatic carbocycles. The van der Waals surface area contributed by atoms with Crippen molar-refractivity contribution in [3.63, 3.8) is 0 Å². The number of hydrogen-bond acceptors (Lipinski definition) is 5. The molecule has 0 amide bonds. The van der Waals surface area contributed by atoms with Gasteiger partial charge in [0.25, 0.3) is 0 Å². The number of nitriles is 1. The fourth-order valence-electron chi connectivity index (χ4n) is 2.67. The van der Waals surface area contributed by atoms with Gasteiger partial charge in [-0.3, -0.25) is 0 Å². The minimum Gasteiger partial charge on any atom is -0.496 e. The number of nitrogens with zero attached hydrogens (tertiary/aromatic N) is 1. The highest BCUT2D eigenvalue weighted by atomic mass is 16.5. The number of benzene rings is 2. The number of para-hydroxylation sites is 1. The van der Waals surface area contributed by atoms with Crippen molar-refractivity contribution < 1.29 is 18.9 Å². The van der Waals surface area contributed by atoms with Gasteiger partial charge in [0, 0.05) is 5.56 Å². The minimum absolute atomic E-state index is 0.344. The Morgan fingerprint density at radius 3 is 1.96 bits per heavy atom. The third kappa shape index (κ3) is 3.54. The summed E-state index contributed by atoms with van der Waals surface area (Å²) in [5.74, 6) is 2.04. The molecule has 0 N–H and O–H groups in total. The van der Waals surface area contributed by atoms with E-state index in [0.717, 1.165) is 11.1 Å². The van der Waals surface area contributed by atoms with Gasteiger partial charge in [0.2, 0.25) is 5.75 Å². The largest absolute Gasteiger partial charge is 0.496 e. The van der Waals surface area contributed by atoms with Crippen molar-refractivity contribution in [1.82, 2.24) is 0 Å². The Kier molecular flexibility index (Phi) is 5.91. The zero-order valence-electron chi connectivity index (χ0n) is 14.3. The zero-order valence-corrected chi connectivity index (χ0v) is 14.3. The summed E-state index contributed by atoms with van der Waals surface area (Å²) in [6.45, 7) is 0. The highest BCUT2D eigenvalue weighted by Crippen LogP contribution is 2.39. The lowest BCUT2D eigenvalue weighted by molar-refractivity contribution is 0.323. The van der Waals surface area contributed by atoms with Gasteiger partial charge in [-0.15, -0.1) is 0 Å². The average molecular weight is 327 g/mol. The van der Waals surface area contributed by atoms with Gasteiger partial charge < -0.3 is 18.9 Å². The molecule has 0 fully saturated rings. The average Bonchev–Trinajstić information content (AvgIpc) is 2.64. The Labute approximate surface area is 142 Å². The lowest BCUT2D eigenvalue weighted by Crippen LogP contribution is -2.04. The second kappa shape index (κ2) is 8.11. The molecule has 0 aromatic heterocycles. The van der Waals surface area contributed by atoms with Crippen molar-refractivity contribution in [3.05, 3.63) is 47.5 Å². The molecular formula is C19H21NO4. The van der Waals surface area contributed by atoms with E-state index in [4.69, 9.17) is 18.9 Å². The normalized spacial score (nSPS) is 11.3. The predicted octanol–water partition coefficient (Wildman–Crippen LogP) is 3.57. The molecule has 0 spiro atoms. The molecule has 2 aromatic carbocycles. The maximum absolute atomic E-state index is 9.62. The van der Waals surface area contributed by atoms with Crippen LogP contribution in [0.3, 0.4) is 0 Å². The van der Waals surface area contributed by atoms with Crippen LogP contribution in [0.5, 0.6) is 23.0 Å². The second-order valence-corrected chi connectivity index (χ2v) is 5.16. The Hall–Kier alpha value is -2.87. The van der Waals surface area contributed by atoms with Crippen LogP contribution in [0.2, 0.25) is 0 Å². The molecule has 0 heterocycles. The maximum Gasteiger partial charge on any atom is 0.203 e. The monoisotopic (exact) mass is 327 g/mol. The van der Waals surface area contributed by atoms with Crippen molar-refractivity contribution in [2.45, 2.75) is 12.3 Å². The van der Waals surface area contributed by atoms with Crippen LogP contribution >= 0.6 is 0 Å². The number of hydrogen-bond donors (Lipinski definition) is 0. The summed E-state index contributed by atoms with van der Waals surface area (Å²) < 4.78 is 21.4. The lowest BCUT2D eigenvalue weighted by atomic mass is 9.92. The number of ether oxygens (including phenoxy) is 4. The first-order valence-corrected chi connectivity index (χ1v) is 7.49. The van der Waals surface area contributed by atoms with Gasteiger partial charge in [0.1, 0.15) is 5.75 Å². The SMILES string of the molecule is COc1ccccc1C(C#N)Cc1cc(OC)c(OC)c(OC)c1. The van der Waals surface area contributed by atoms with Crippen LogP contribution in [-0.4, -0.2) is 28.4 Å². The van der Waals surface area contributed by atoms with Crippen LogP contribution in [0, 0.1) is 11.3 Å². The van der Waals surface area contributed by atoms with Gasteiger partial charge in [0.15, 0.2) is 11.5 Å². The van der Waals surface area contributed by atoms with Crippen molar-refractivity contribution >= 4 is 0 Å². The molecule has 126 valence electrons. The number of methoxy groups -OCH3 is 4. The van der Waals surface area contributed by atoms with E-state index < -0.39 is 0 Å². The van der Waals surface area contributed by atoms with Crippen LogP contribution in [0.15, 0.2) is 36.4 Å². The van der Waals surface area contributed by atoms with E-state index in [-0.39, 0.29) is 5.92 Å². The predicted molar refractivity (Wildman–Crippen MR) is 91.2 cm³/mol. The fraction of sp³-hybridized carbons (Fsp3) is 0.316. The molecule has 0 bridgehead atoms. The summed E-state index contributed by atoms with van der Waals surface area (Å²) in [6, 6.07) is 13.6. The Balaban J connectivity index is 2.40. The molecule has 1 atom stereocenters. The van der Waals surface area contributed by atoms with E-state index in [9.17, 15) is 5.26 Å². The Bertz CT molecular complexity index is 711. The Morgan fingerprint density at radius 2 is 1.46 bits per heavy atom. The first-order chi connectivity index (χ1) is 11.7. The van der Waals surface area contributed by atoms with Crippen LogP contribution in [0.25, 0.3) is 0 Å². The molecule has 0 aliphatic heterocycles. The van der Waals surface area contributed by atoms with E-state index in [1.807, 2.05) is 36.4 Å². The van der Waals surface area contributed by atoms with Crippen LogP contribution in [0.4, 0.5) is 0 Å². The summed E-state index contributed by atoms with van der Waals surface area (Å²) >= 11 is 0. The van der Waals surface area contributed by atoms with Crippen molar-refractivity contribution in [3.8, 4) is 29.1 Å². The third-order valence-electron chi connectivity index (χ3n) is 3.83. The maximum atomic E-state index is 9.62. The topological polar surface area (TPSA) is 60.7 Å². The molecule has 2 aromatic rings. The van der Waals surface area contributed by atoms with E-state index in [2.05, 4.69) is 6.07 Å². The van der Waals surface area contributed by atoms with Gasteiger partial charge in [-0.05, 0) is 30.2 Å². The van der Waals surface area contributed by atoms with Gasteiger partial charge in [-0.2, -0.15) is 5.26 Å². The van der Waals surface area contributed by atoms with E-state index >= 15 is 0 Å². The molecule has 2 rings (SSSR count). The smallest absolute Gasteiger partial charge is 0.203 e. The van der Waals surface area contributed by atoms with Crippen LogP contribution < -0.4 is 18.9 Å². The first-order valence-electron chi connectivity index (χ1n) is 7.49. The molecule has 0 saturated heterocycles.